The van der Waals surface area contributed by atoms with E-state index in [0.29, 0.717) is 6.42 Å². The number of hydrogen-bond donors (Lipinski definition) is 0. The summed E-state index contributed by atoms with van der Waals surface area (Å²) in [6.45, 7) is 1.87. The predicted molar refractivity (Wildman–Crippen MR) is 54.1 cm³/mol. The van der Waals surface area contributed by atoms with Crippen LogP contribution in [0.3, 0.4) is 0 Å². The Labute approximate surface area is 86.5 Å². The van der Waals surface area contributed by atoms with Crippen LogP contribution in [0.2, 0.25) is 0 Å². The van der Waals surface area contributed by atoms with Crippen molar-refractivity contribution in [2.75, 3.05) is 0 Å². The van der Waals surface area contributed by atoms with Crippen molar-refractivity contribution in [2.45, 2.75) is 18.2 Å². The molecule has 0 aliphatic carbocycles. The fraction of sp³-hybridized carbons (Fsp3) is 0.375. The molecule has 0 bridgehead atoms. The van der Waals surface area contributed by atoms with Crippen LogP contribution >= 0.6 is 10.7 Å². The van der Waals surface area contributed by atoms with Crippen LogP contribution in [0.5, 0.6) is 0 Å². The van der Waals surface area contributed by atoms with Crippen molar-refractivity contribution in [2.24, 2.45) is 7.05 Å². The summed E-state index contributed by atoms with van der Waals surface area (Å²) in [5, 5.41) is 0. The van der Waals surface area contributed by atoms with Gasteiger partial charge in [-0.3, -0.25) is 4.79 Å². The molecule has 1 aromatic heterocycles. The largest absolute Gasteiger partial charge is 0.317 e. The van der Waals surface area contributed by atoms with Crippen molar-refractivity contribution < 1.29 is 8.42 Å². The summed E-state index contributed by atoms with van der Waals surface area (Å²) in [5.74, 6) is 0. The Bertz CT molecular complexity index is 504. The van der Waals surface area contributed by atoms with Crippen LogP contribution in [0, 0.1) is 0 Å². The van der Waals surface area contributed by atoms with Crippen LogP contribution in [0.15, 0.2) is 22.0 Å². The number of nitrogens with zero attached hydrogens (tertiary/aromatic N) is 1. The van der Waals surface area contributed by atoms with Crippen LogP contribution in [0.25, 0.3) is 0 Å². The first-order chi connectivity index (χ1) is 6.36. The third kappa shape index (κ3) is 2.16. The lowest BCUT2D eigenvalue weighted by Crippen LogP contribution is -2.22. The van der Waals surface area contributed by atoms with Crippen molar-refractivity contribution >= 4 is 19.7 Å². The van der Waals surface area contributed by atoms with Gasteiger partial charge >= 0.3 is 0 Å². The highest BCUT2D eigenvalue weighted by Crippen LogP contribution is 2.11. The van der Waals surface area contributed by atoms with Gasteiger partial charge in [-0.25, -0.2) is 8.42 Å². The summed E-state index contributed by atoms with van der Waals surface area (Å²) in [4.78, 5) is 11.0. The number of pyridine rings is 1. The van der Waals surface area contributed by atoms with Gasteiger partial charge in [0.15, 0.2) is 0 Å². The molecular formula is C8H10ClNO3S. The zero-order valence-corrected chi connectivity index (χ0v) is 9.39. The maximum Gasteiger partial charge on any atom is 0.270 e. The molecule has 0 aliphatic rings. The number of rotatable bonds is 2. The van der Waals surface area contributed by atoms with Crippen LogP contribution < -0.4 is 5.56 Å². The first kappa shape index (κ1) is 11.3. The molecule has 0 saturated carbocycles. The molecule has 1 aromatic rings. The fourth-order valence-electron chi connectivity index (χ4n) is 1.12. The van der Waals surface area contributed by atoms with Gasteiger partial charge in [-0.2, -0.15) is 0 Å². The van der Waals surface area contributed by atoms with E-state index in [1.165, 1.54) is 17.7 Å². The van der Waals surface area contributed by atoms with Crippen LogP contribution in [-0.4, -0.2) is 13.0 Å². The minimum atomic E-state index is -3.95. The average Bonchev–Trinajstić information content (AvgIpc) is 2.07. The van der Waals surface area contributed by atoms with Gasteiger partial charge in [0.2, 0.25) is 0 Å². The second kappa shape index (κ2) is 3.74. The van der Waals surface area contributed by atoms with Crippen molar-refractivity contribution in [1.82, 2.24) is 4.57 Å². The van der Waals surface area contributed by atoms with Gasteiger partial charge in [0.1, 0.15) is 4.90 Å². The minimum absolute atomic E-state index is 0.360. The van der Waals surface area contributed by atoms with Crippen LogP contribution in [0.4, 0.5) is 0 Å². The van der Waals surface area contributed by atoms with E-state index in [0.717, 1.165) is 5.56 Å². The summed E-state index contributed by atoms with van der Waals surface area (Å²) >= 11 is 0. The predicted octanol–water partition coefficient (Wildman–Crippen LogP) is 0.875. The number of aromatic nitrogens is 1. The van der Waals surface area contributed by atoms with Crippen LogP contribution in [-0.2, 0) is 22.5 Å². The summed E-state index contributed by atoms with van der Waals surface area (Å²) in [6.07, 6.45) is 2.24. The zero-order chi connectivity index (χ0) is 10.9. The molecule has 0 saturated heterocycles. The molecule has 14 heavy (non-hydrogen) atoms. The van der Waals surface area contributed by atoms with E-state index in [-0.39, 0.29) is 4.90 Å². The number of aryl methyl sites for hydroxylation is 2. The first-order valence-electron chi connectivity index (χ1n) is 4.00. The molecular weight excluding hydrogens is 226 g/mol. The summed E-state index contributed by atoms with van der Waals surface area (Å²) < 4.78 is 23.3. The molecule has 6 heteroatoms. The highest BCUT2D eigenvalue weighted by Gasteiger charge is 2.16. The van der Waals surface area contributed by atoms with Crippen LogP contribution in [0.1, 0.15) is 12.5 Å². The second-order valence-corrected chi connectivity index (χ2v) is 5.45. The van der Waals surface area contributed by atoms with E-state index in [4.69, 9.17) is 10.7 Å². The topological polar surface area (TPSA) is 56.1 Å². The Hall–Kier alpha value is -0.810. The Morgan fingerprint density at radius 2 is 2.07 bits per heavy atom. The molecule has 0 atom stereocenters. The molecule has 0 aromatic carbocycles. The minimum Gasteiger partial charge on any atom is -0.317 e. The molecule has 0 aliphatic heterocycles. The molecule has 0 amide bonds. The summed E-state index contributed by atoms with van der Waals surface area (Å²) in [7, 11) is 2.67. The molecule has 1 heterocycles. The standard InChI is InChI=1S/C8H10ClNO3S/c1-3-6-4-7(14(9,12)13)8(11)10(2)5-6/h4-5H,3H2,1-2H3. The average molecular weight is 236 g/mol. The SMILES string of the molecule is CCc1cc(S(=O)(=O)Cl)c(=O)n(C)c1. The lowest BCUT2D eigenvalue weighted by molar-refractivity contribution is 0.606. The maximum atomic E-state index is 11.4. The number of halogens is 1. The molecule has 0 fully saturated rings. The third-order valence-corrected chi connectivity index (χ3v) is 3.19. The maximum absolute atomic E-state index is 11.4. The molecule has 0 unspecified atom stereocenters. The second-order valence-electron chi connectivity index (χ2n) is 2.92. The van der Waals surface area contributed by atoms with Crippen molar-refractivity contribution in [3.05, 3.63) is 28.2 Å². The summed E-state index contributed by atoms with van der Waals surface area (Å²) in [6, 6.07) is 1.31. The van der Waals surface area contributed by atoms with Gasteiger partial charge < -0.3 is 4.57 Å². The Balaban J connectivity index is 3.60. The van der Waals surface area contributed by atoms with E-state index in [1.807, 2.05) is 6.92 Å². The van der Waals surface area contributed by atoms with E-state index in [2.05, 4.69) is 0 Å². The van der Waals surface area contributed by atoms with Crippen molar-refractivity contribution in [3.63, 3.8) is 0 Å². The Morgan fingerprint density at radius 3 is 2.50 bits per heavy atom. The highest BCUT2D eigenvalue weighted by atomic mass is 35.7. The molecule has 0 spiro atoms. The summed E-state index contributed by atoms with van der Waals surface area (Å²) in [5.41, 5.74) is 0.156. The third-order valence-electron chi connectivity index (χ3n) is 1.88. The van der Waals surface area contributed by atoms with E-state index in [9.17, 15) is 13.2 Å². The molecule has 78 valence electrons. The fourth-order valence-corrected chi connectivity index (χ4v) is 2.09. The van der Waals surface area contributed by atoms with Gasteiger partial charge in [0.05, 0.1) is 0 Å². The van der Waals surface area contributed by atoms with Crippen molar-refractivity contribution in [1.29, 1.82) is 0 Å². The monoisotopic (exact) mass is 235 g/mol. The van der Waals surface area contributed by atoms with E-state index >= 15 is 0 Å². The number of hydrogen-bond acceptors (Lipinski definition) is 3. The van der Waals surface area contributed by atoms with Gasteiger partial charge in [-0.15, -0.1) is 0 Å². The van der Waals surface area contributed by atoms with Gasteiger partial charge in [-0.1, -0.05) is 6.92 Å². The smallest absolute Gasteiger partial charge is 0.270 e. The lowest BCUT2D eigenvalue weighted by atomic mass is 10.2. The molecule has 1 rings (SSSR count). The van der Waals surface area contributed by atoms with Gasteiger partial charge in [0, 0.05) is 23.9 Å². The Kier molecular flexibility index (Phi) is 3.01. The van der Waals surface area contributed by atoms with Gasteiger partial charge in [-0.05, 0) is 18.1 Å². The first-order valence-corrected chi connectivity index (χ1v) is 6.31. The molecule has 0 radical (unpaired) electrons. The van der Waals surface area contributed by atoms with Crippen molar-refractivity contribution in [3.8, 4) is 0 Å². The quantitative estimate of drug-likeness (QED) is 0.715. The highest BCUT2D eigenvalue weighted by molar-refractivity contribution is 8.13. The molecule has 0 N–H and O–H groups in total. The van der Waals surface area contributed by atoms with E-state index in [1.54, 1.807) is 6.20 Å². The lowest BCUT2D eigenvalue weighted by Gasteiger charge is -2.03. The molecule has 4 nitrogen and oxygen atoms in total. The normalized spacial score (nSPS) is 11.6. The Morgan fingerprint density at radius 1 is 1.50 bits per heavy atom. The van der Waals surface area contributed by atoms with Gasteiger partial charge in [0.25, 0.3) is 14.6 Å². The van der Waals surface area contributed by atoms with E-state index < -0.39 is 14.6 Å². The zero-order valence-electron chi connectivity index (χ0n) is 7.82.